The highest BCUT2D eigenvalue weighted by atomic mass is 32.1. The van der Waals surface area contributed by atoms with Crippen LogP contribution in [0.15, 0.2) is 41.1 Å². The van der Waals surface area contributed by atoms with Crippen LogP contribution in [0.25, 0.3) is 17.0 Å². The van der Waals surface area contributed by atoms with E-state index in [4.69, 9.17) is 10.1 Å². The van der Waals surface area contributed by atoms with Crippen molar-refractivity contribution in [3.63, 3.8) is 0 Å². The quantitative estimate of drug-likeness (QED) is 0.592. The third-order valence-corrected chi connectivity index (χ3v) is 5.70. The first kappa shape index (κ1) is 15.3. The van der Waals surface area contributed by atoms with Crippen molar-refractivity contribution in [2.24, 2.45) is 7.05 Å². The summed E-state index contributed by atoms with van der Waals surface area (Å²) in [6.07, 6.45) is 0.443. The van der Waals surface area contributed by atoms with Gasteiger partial charge in [0, 0.05) is 24.9 Å². The molecule has 0 saturated carbocycles. The van der Waals surface area contributed by atoms with Gasteiger partial charge < -0.3 is 9.88 Å². The van der Waals surface area contributed by atoms with Gasteiger partial charge in [-0.25, -0.2) is 4.98 Å². The Morgan fingerprint density at radius 1 is 1.27 bits per heavy atom. The van der Waals surface area contributed by atoms with Gasteiger partial charge in [-0.3, -0.25) is 4.79 Å². The van der Waals surface area contributed by atoms with Crippen molar-refractivity contribution >= 4 is 34.1 Å². The average Bonchev–Trinajstić information content (AvgIpc) is 3.34. The first-order valence-corrected chi connectivity index (χ1v) is 9.41. The third kappa shape index (κ3) is 2.13. The summed E-state index contributed by atoms with van der Waals surface area (Å²) in [6.45, 7) is 1.99. The first-order chi connectivity index (χ1) is 12.6. The lowest BCUT2D eigenvalue weighted by atomic mass is 9.87. The molecule has 130 valence electrons. The summed E-state index contributed by atoms with van der Waals surface area (Å²) >= 11 is 1.65. The maximum atomic E-state index is 12.4. The molecule has 1 aliphatic rings. The molecule has 0 aliphatic carbocycles. The molecule has 0 fully saturated rings. The predicted molar refractivity (Wildman–Crippen MR) is 102 cm³/mol. The van der Waals surface area contributed by atoms with Crippen LogP contribution in [0.4, 0.5) is 5.82 Å². The highest BCUT2D eigenvalue weighted by Gasteiger charge is 2.33. The van der Waals surface area contributed by atoms with Gasteiger partial charge in [0.2, 0.25) is 11.9 Å². The van der Waals surface area contributed by atoms with E-state index in [1.165, 1.54) is 5.56 Å². The number of benzene rings is 1. The Morgan fingerprint density at radius 2 is 2.12 bits per heavy atom. The molecule has 1 aliphatic heterocycles. The second-order valence-corrected chi connectivity index (χ2v) is 7.36. The number of thiophene rings is 1. The van der Waals surface area contributed by atoms with Gasteiger partial charge in [0.05, 0.1) is 16.7 Å². The number of carbonyl (C=O) groups is 1. The zero-order valence-corrected chi connectivity index (χ0v) is 15.2. The zero-order valence-electron chi connectivity index (χ0n) is 14.4. The van der Waals surface area contributed by atoms with E-state index in [1.54, 1.807) is 16.0 Å². The van der Waals surface area contributed by atoms with Gasteiger partial charge in [-0.05, 0) is 41.4 Å². The molecule has 4 aromatic rings. The second-order valence-electron chi connectivity index (χ2n) is 6.58. The number of aromatic nitrogens is 4. The SMILES string of the molecule is Cc1nn(-c2nc3ccccc3n2C)c2c1[C@@H](c1ccsc1)CC(=O)N2. The van der Waals surface area contributed by atoms with Crippen LogP contribution in [0.3, 0.4) is 0 Å². The maximum Gasteiger partial charge on any atom is 0.233 e. The van der Waals surface area contributed by atoms with Gasteiger partial charge in [-0.2, -0.15) is 21.1 Å². The topological polar surface area (TPSA) is 64.7 Å². The Labute approximate surface area is 154 Å². The number of aryl methyl sites for hydroxylation is 2. The molecule has 1 aromatic carbocycles. The molecule has 6 nitrogen and oxygen atoms in total. The lowest BCUT2D eigenvalue weighted by Gasteiger charge is -2.23. The molecule has 1 N–H and O–H groups in total. The van der Waals surface area contributed by atoms with Crippen molar-refractivity contribution in [2.75, 3.05) is 5.32 Å². The van der Waals surface area contributed by atoms with Crippen LogP contribution in [0.5, 0.6) is 0 Å². The molecule has 0 unspecified atom stereocenters. The Bertz CT molecular complexity index is 1140. The molecule has 0 radical (unpaired) electrons. The minimum Gasteiger partial charge on any atom is -0.311 e. The molecule has 3 aromatic heterocycles. The number of rotatable bonds is 2. The van der Waals surface area contributed by atoms with Crippen LogP contribution in [-0.2, 0) is 11.8 Å². The molecule has 7 heteroatoms. The minimum absolute atomic E-state index is 0.00798. The summed E-state index contributed by atoms with van der Waals surface area (Å²) in [6, 6.07) is 10.1. The number of hydrogen-bond donors (Lipinski definition) is 1. The van der Waals surface area contributed by atoms with E-state index in [1.807, 2.05) is 48.2 Å². The van der Waals surface area contributed by atoms with Crippen LogP contribution in [0.2, 0.25) is 0 Å². The number of para-hydroxylation sites is 2. The summed E-state index contributed by atoms with van der Waals surface area (Å²) in [5.74, 6) is 1.47. The monoisotopic (exact) mass is 363 g/mol. The van der Waals surface area contributed by atoms with E-state index in [0.717, 1.165) is 28.1 Å². The average molecular weight is 363 g/mol. The fourth-order valence-electron chi connectivity index (χ4n) is 3.77. The zero-order chi connectivity index (χ0) is 17.8. The Balaban J connectivity index is 1.74. The first-order valence-electron chi connectivity index (χ1n) is 8.47. The van der Waals surface area contributed by atoms with E-state index < -0.39 is 0 Å². The van der Waals surface area contributed by atoms with Gasteiger partial charge in [-0.15, -0.1) is 0 Å². The Morgan fingerprint density at radius 3 is 2.88 bits per heavy atom. The summed E-state index contributed by atoms with van der Waals surface area (Å²) in [5, 5.41) is 11.9. The van der Waals surface area contributed by atoms with Crippen LogP contribution < -0.4 is 5.32 Å². The highest BCUT2D eigenvalue weighted by Crippen LogP contribution is 2.40. The third-order valence-electron chi connectivity index (χ3n) is 5.00. The normalized spacial score (nSPS) is 16.7. The van der Waals surface area contributed by atoms with Crippen molar-refractivity contribution in [1.82, 2.24) is 19.3 Å². The van der Waals surface area contributed by atoms with Crippen molar-refractivity contribution < 1.29 is 4.79 Å². The van der Waals surface area contributed by atoms with Crippen LogP contribution >= 0.6 is 11.3 Å². The molecule has 0 saturated heterocycles. The second kappa shape index (κ2) is 5.54. The number of nitrogens with zero attached hydrogens (tertiary/aromatic N) is 4. The van der Waals surface area contributed by atoms with Crippen LogP contribution in [0, 0.1) is 6.92 Å². The Kier molecular flexibility index (Phi) is 3.27. The number of fused-ring (bicyclic) bond motifs is 2. The van der Waals surface area contributed by atoms with Gasteiger partial charge in [-0.1, -0.05) is 12.1 Å². The molecule has 0 spiro atoms. The number of hydrogen-bond acceptors (Lipinski definition) is 4. The number of anilines is 1. The number of amides is 1. The molecule has 1 amide bonds. The molecule has 5 rings (SSSR count). The smallest absolute Gasteiger partial charge is 0.233 e. The Hall–Kier alpha value is -2.93. The summed E-state index contributed by atoms with van der Waals surface area (Å²) in [4.78, 5) is 17.1. The van der Waals surface area contributed by atoms with E-state index >= 15 is 0 Å². The van der Waals surface area contributed by atoms with E-state index in [0.29, 0.717) is 12.4 Å². The maximum absolute atomic E-state index is 12.4. The lowest BCUT2D eigenvalue weighted by molar-refractivity contribution is -0.116. The fraction of sp³-hybridized carbons (Fsp3) is 0.211. The molecular formula is C19H17N5OS. The predicted octanol–water partition coefficient (Wildman–Crippen LogP) is 3.60. The largest absolute Gasteiger partial charge is 0.311 e. The van der Waals surface area contributed by atoms with Crippen molar-refractivity contribution in [3.8, 4) is 5.95 Å². The summed E-state index contributed by atoms with van der Waals surface area (Å²) < 4.78 is 3.77. The minimum atomic E-state index is 0.00798. The summed E-state index contributed by atoms with van der Waals surface area (Å²) in [5.41, 5.74) is 5.10. The highest BCUT2D eigenvalue weighted by molar-refractivity contribution is 7.08. The molecule has 1 atom stereocenters. The van der Waals surface area contributed by atoms with Gasteiger partial charge in [0.15, 0.2) is 0 Å². The van der Waals surface area contributed by atoms with Gasteiger partial charge in [0.25, 0.3) is 0 Å². The van der Waals surface area contributed by atoms with Gasteiger partial charge in [0.1, 0.15) is 5.82 Å². The number of carbonyl (C=O) groups excluding carboxylic acids is 1. The van der Waals surface area contributed by atoms with Crippen molar-refractivity contribution in [2.45, 2.75) is 19.3 Å². The summed E-state index contributed by atoms with van der Waals surface area (Å²) in [7, 11) is 1.97. The molecule has 26 heavy (non-hydrogen) atoms. The molecule has 0 bridgehead atoms. The standard InChI is InChI=1S/C19H17N5OS/c1-11-17-13(12-7-8-26-10-12)9-16(25)21-18(17)24(22-11)19-20-14-5-3-4-6-15(14)23(19)2/h3-8,10,13H,9H2,1-2H3,(H,21,25)/t13-/m1/s1. The van der Waals surface area contributed by atoms with Crippen LogP contribution in [0.1, 0.15) is 29.2 Å². The molecular weight excluding hydrogens is 346 g/mol. The van der Waals surface area contributed by atoms with E-state index in [-0.39, 0.29) is 11.8 Å². The van der Waals surface area contributed by atoms with Crippen molar-refractivity contribution in [1.29, 1.82) is 0 Å². The molecule has 4 heterocycles. The van der Waals surface area contributed by atoms with Gasteiger partial charge >= 0.3 is 0 Å². The number of nitrogens with one attached hydrogen (secondary N) is 1. The van der Waals surface area contributed by atoms with E-state index in [9.17, 15) is 4.79 Å². The fourth-order valence-corrected chi connectivity index (χ4v) is 4.49. The van der Waals surface area contributed by atoms with E-state index in [2.05, 4.69) is 16.8 Å². The lowest BCUT2D eigenvalue weighted by Crippen LogP contribution is -2.25. The number of imidazole rings is 1. The van der Waals surface area contributed by atoms with Crippen LogP contribution in [-0.4, -0.2) is 25.2 Å². The van der Waals surface area contributed by atoms with Crippen molar-refractivity contribution in [3.05, 3.63) is 57.9 Å².